The summed E-state index contributed by atoms with van der Waals surface area (Å²) < 4.78 is 5.35. The summed E-state index contributed by atoms with van der Waals surface area (Å²) in [7, 11) is 0. The van der Waals surface area contributed by atoms with E-state index in [1.54, 1.807) is 6.20 Å². The lowest BCUT2D eigenvalue weighted by molar-refractivity contribution is 0.122. The number of morpholine rings is 1. The Balaban J connectivity index is 1.39. The second kappa shape index (κ2) is 9.01. The fourth-order valence-electron chi connectivity index (χ4n) is 3.35. The third-order valence-corrected chi connectivity index (χ3v) is 4.72. The van der Waals surface area contributed by atoms with Gasteiger partial charge in [-0.25, -0.2) is 9.78 Å². The highest BCUT2D eigenvalue weighted by Gasteiger charge is 2.15. The van der Waals surface area contributed by atoms with Crippen LogP contribution in [0.1, 0.15) is 19.8 Å². The molecular formula is C18H29N5O2. The van der Waals surface area contributed by atoms with Crippen LogP contribution < -0.4 is 15.5 Å². The third-order valence-electron chi connectivity index (χ3n) is 4.72. The van der Waals surface area contributed by atoms with Gasteiger partial charge in [-0.3, -0.25) is 0 Å². The van der Waals surface area contributed by atoms with E-state index >= 15 is 0 Å². The maximum absolute atomic E-state index is 12.1. The maximum atomic E-state index is 12.1. The van der Waals surface area contributed by atoms with E-state index in [1.807, 2.05) is 12.1 Å². The van der Waals surface area contributed by atoms with Crippen molar-refractivity contribution in [3.05, 3.63) is 18.3 Å². The summed E-state index contributed by atoms with van der Waals surface area (Å²) in [6.45, 7) is 9.48. The largest absolute Gasteiger partial charge is 0.378 e. The first-order valence-corrected chi connectivity index (χ1v) is 9.26. The van der Waals surface area contributed by atoms with Crippen LogP contribution in [-0.4, -0.2) is 68.4 Å². The molecule has 138 valence electrons. The molecule has 1 atom stereocenters. The summed E-state index contributed by atoms with van der Waals surface area (Å²) in [5.41, 5.74) is 0.710. The van der Waals surface area contributed by atoms with Crippen LogP contribution in [-0.2, 0) is 4.74 Å². The molecule has 0 aliphatic carbocycles. The molecule has 0 radical (unpaired) electrons. The van der Waals surface area contributed by atoms with E-state index in [-0.39, 0.29) is 6.03 Å². The van der Waals surface area contributed by atoms with Crippen LogP contribution in [0.5, 0.6) is 0 Å². The van der Waals surface area contributed by atoms with Crippen molar-refractivity contribution in [3.8, 4) is 0 Å². The zero-order valence-electron chi connectivity index (χ0n) is 15.0. The highest BCUT2D eigenvalue weighted by Crippen LogP contribution is 2.15. The molecule has 7 heteroatoms. The molecule has 2 aliphatic heterocycles. The van der Waals surface area contributed by atoms with E-state index in [1.165, 1.54) is 25.9 Å². The monoisotopic (exact) mass is 347 g/mol. The topological polar surface area (TPSA) is 69.7 Å². The minimum Gasteiger partial charge on any atom is -0.378 e. The number of hydrogen-bond acceptors (Lipinski definition) is 5. The van der Waals surface area contributed by atoms with Crippen molar-refractivity contribution in [2.24, 2.45) is 5.92 Å². The Labute approximate surface area is 149 Å². The lowest BCUT2D eigenvalue weighted by atomic mass is 10.1. The SMILES string of the molecule is C[C@H](CNC(=O)Nc1ccc(N2CCOCC2)nc1)CN1CCCC1. The van der Waals surface area contributed by atoms with Gasteiger partial charge in [0.15, 0.2) is 0 Å². The van der Waals surface area contributed by atoms with Crippen molar-refractivity contribution in [3.63, 3.8) is 0 Å². The molecule has 3 rings (SSSR count). The van der Waals surface area contributed by atoms with E-state index < -0.39 is 0 Å². The molecule has 2 fully saturated rings. The van der Waals surface area contributed by atoms with Crippen LogP contribution in [0.4, 0.5) is 16.3 Å². The Hall–Kier alpha value is -1.86. The van der Waals surface area contributed by atoms with Crippen LogP contribution in [0, 0.1) is 5.92 Å². The molecule has 1 aromatic rings. The number of rotatable bonds is 6. The van der Waals surface area contributed by atoms with Crippen LogP contribution in [0.2, 0.25) is 0 Å². The zero-order chi connectivity index (χ0) is 17.5. The molecule has 2 saturated heterocycles. The normalized spacial score (nSPS) is 19.6. The predicted octanol–water partition coefficient (Wildman–Crippen LogP) is 1.77. The predicted molar refractivity (Wildman–Crippen MR) is 99.1 cm³/mol. The number of urea groups is 1. The Morgan fingerprint density at radius 3 is 2.68 bits per heavy atom. The van der Waals surface area contributed by atoms with Crippen LogP contribution >= 0.6 is 0 Å². The number of ether oxygens (including phenoxy) is 1. The fraction of sp³-hybridized carbons (Fsp3) is 0.667. The summed E-state index contributed by atoms with van der Waals surface area (Å²) in [6.07, 6.45) is 4.31. The average molecular weight is 347 g/mol. The van der Waals surface area contributed by atoms with Gasteiger partial charge in [0, 0.05) is 26.2 Å². The second-order valence-electron chi connectivity index (χ2n) is 6.95. The minimum absolute atomic E-state index is 0.172. The fourth-order valence-corrected chi connectivity index (χ4v) is 3.35. The van der Waals surface area contributed by atoms with Crippen molar-refractivity contribution in [2.75, 3.05) is 62.7 Å². The standard InChI is InChI=1S/C18H29N5O2/c1-15(14-22-6-2-3-7-22)12-20-18(24)21-16-4-5-17(19-13-16)23-8-10-25-11-9-23/h4-5,13,15H,2-3,6-12,14H2,1H3,(H2,20,21,24)/t15-/m1/s1. The zero-order valence-corrected chi connectivity index (χ0v) is 15.0. The van der Waals surface area contributed by atoms with Gasteiger partial charge in [-0.2, -0.15) is 0 Å². The molecule has 0 spiro atoms. The van der Waals surface area contributed by atoms with Crippen LogP contribution in [0.15, 0.2) is 18.3 Å². The van der Waals surface area contributed by atoms with Gasteiger partial charge in [0.2, 0.25) is 0 Å². The van der Waals surface area contributed by atoms with E-state index in [2.05, 4.69) is 32.3 Å². The van der Waals surface area contributed by atoms with Crippen LogP contribution in [0.3, 0.4) is 0 Å². The molecule has 0 unspecified atom stereocenters. The number of carbonyl (C=O) groups is 1. The number of aromatic nitrogens is 1. The first-order chi connectivity index (χ1) is 12.2. The molecule has 0 bridgehead atoms. The summed E-state index contributed by atoms with van der Waals surface area (Å²) >= 11 is 0. The Kier molecular flexibility index (Phi) is 6.47. The molecule has 7 nitrogen and oxygen atoms in total. The molecule has 0 aromatic carbocycles. The van der Waals surface area contributed by atoms with Gasteiger partial charge in [-0.15, -0.1) is 0 Å². The number of nitrogens with zero attached hydrogens (tertiary/aromatic N) is 3. The number of pyridine rings is 1. The van der Waals surface area contributed by atoms with Crippen molar-refractivity contribution < 1.29 is 9.53 Å². The number of carbonyl (C=O) groups excluding carboxylic acids is 1. The molecule has 2 amide bonds. The number of amides is 2. The quantitative estimate of drug-likeness (QED) is 0.821. The molecule has 3 heterocycles. The smallest absolute Gasteiger partial charge is 0.319 e. The average Bonchev–Trinajstić information content (AvgIpc) is 3.14. The Bertz CT molecular complexity index is 539. The summed E-state index contributed by atoms with van der Waals surface area (Å²) in [5, 5.41) is 5.80. The van der Waals surface area contributed by atoms with Crippen LogP contribution in [0.25, 0.3) is 0 Å². The van der Waals surface area contributed by atoms with Gasteiger partial charge < -0.3 is 25.2 Å². The van der Waals surface area contributed by atoms with Gasteiger partial charge in [-0.1, -0.05) is 6.92 Å². The Morgan fingerprint density at radius 2 is 2.00 bits per heavy atom. The van der Waals surface area contributed by atoms with Gasteiger partial charge in [0.25, 0.3) is 0 Å². The first kappa shape index (κ1) is 17.9. The maximum Gasteiger partial charge on any atom is 0.319 e. The van der Waals surface area contributed by atoms with Crippen molar-refractivity contribution in [2.45, 2.75) is 19.8 Å². The van der Waals surface area contributed by atoms with Gasteiger partial charge in [0.05, 0.1) is 25.1 Å². The highest BCUT2D eigenvalue weighted by molar-refractivity contribution is 5.89. The lowest BCUT2D eigenvalue weighted by Gasteiger charge is -2.27. The number of likely N-dealkylation sites (tertiary alicyclic amines) is 1. The van der Waals surface area contributed by atoms with Gasteiger partial charge >= 0.3 is 6.03 Å². The first-order valence-electron chi connectivity index (χ1n) is 9.26. The molecule has 2 aliphatic rings. The minimum atomic E-state index is -0.172. The van der Waals surface area contributed by atoms with E-state index in [0.29, 0.717) is 18.2 Å². The van der Waals surface area contributed by atoms with E-state index in [0.717, 1.165) is 38.7 Å². The van der Waals surface area contributed by atoms with Gasteiger partial charge in [0.1, 0.15) is 5.82 Å². The van der Waals surface area contributed by atoms with E-state index in [4.69, 9.17) is 4.74 Å². The third kappa shape index (κ3) is 5.57. The summed E-state index contributed by atoms with van der Waals surface area (Å²) in [4.78, 5) is 21.1. The van der Waals surface area contributed by atoms with Crippen molar-refractivity contribution >= 4 is 17.5 Å². The molecule has 25 heavy (non-hydrogen) atoms. The highest BCUT2D eigenvalue weighted by atomic mass is 16.5. The van der Waals surface area contributed by atoms with E-state index in [9.17, 15) is 4.79 Å². The van der Waals surface area contributed by atoms with Crippen molar-refractivity contribution in [1.29, 1.82) is 0 Å². The summed E-state index contributed by atoms with van der Waals surface area (Å²) in [5.74, 6) is 1.37. The molecular weight excluding hydrogens is 318 g/mol. The number of nitrogens with one attached hydrogen (secondary N) is 2. The summed E-state index contributed by atoms with van der Waals surface area (Å²) in [6, 6.07) is 3.66. The molecule has 2 N–H and O–H groups in total. The second-order valence-corrected chi connectivity index (χ2v) is 6.95. The number of hydrogen-bond donors (Lipinski definition) is 2. The lowest BCUT2D eigenvalue weighted by Crippen LogP contribution is -2.37. The van der Waals surface area contributed by atoms with Crippen molar-refractivity contribution in [1.82, 2.24) is 15.2 Å². The van der Waals surface area contributed by atoms with Gasteiger partial charge in [-0.05, 0) is 44.0 Å². The Morgan fingerprint density at radius 1 is 1.24 bits per heavy atom. The molecule has 0 saturated carbocycles. The number of anilines is 2. The molecule has 1 aromatic heterocycles.